The molecule has 1 aliphatic heterocycles. The van der Waals surface area contributed by atoms with E-state index in [1.807, 2.05) is 4.90 Å². The summed E-state index contributed by atoms with van der Waals surface area (Å²) in [5.74, 6) is -0.0225. The molecule has 0 spiro atoms. The number of amides is 1. The van der Waals surface area contributed by atoms with Crippen molar-refractivity contribution in [3.63, 3.8) is 0 Å². The molecule has 0 bridgehead atoms. The van der Waals surface area contributed by atoms with E-state index < -0.39 is 10.0 Å². The molecule has 29 heavy (non-hydrogen) atoms. The second-order valence-corrected chi connectivity index (χ2v) is 11.8. The minimum Gasteiger partial charge on any atom is -0.336 e. The molecule has 6 nitrogen and oxygen atoms in total. The average Bonchev–Trinajstić information content (AvgIpc) is 2.59. The van der Waals surface area contributed by atoms with E-state index in [1.54, 1.807) is 12.1 Å². The molecule has 164 valence electrons. The number of piperidine rings is 1. The maximum atomic E-state index is 13.4. The number of hydrogen-bond donors (Lipinski definition) is 1. The fourth-order valence-electron chi connectivity index (χ4n) is 4.41. The third kappa shape index (κ3) is 5.80. The topological polar surface area (TPSA) is 69.7 Å². The van der Waals surface area contributed by atoms with Crippen LogP contribution in [0.3, 0.4) is 0 Å². The molecule has 0 saturated carbocycles. The molecule has 0 aromatic heterocycles. The number of sulfonamides is 1. The summed E-state index contributed by atoms with van der Waals surface area (Å²) in [6, 6.07) is 6.46. The van der Waals surface area contributed by atoms with Gasteiger partial charge in [0.25, 0.3) is 5.91 Å². The van der Waals surface area contributed by atoms with Crippen LogP contribution in [0.25, 0.3) is 0 Å². The highest BCUT2D eigenvalue weighted by atomic mass is 32.2. The highest BCUT2D eigenvalue weighted by Crippen LogP contribution is 2.32. The average molecular weight is 424 g/mol. The molecular weight excluding hydrogens is 386 g/mol. The lowest BCUT2D eigenvalue weighted by Crippen LogP contribution is -2.62. The quantitative estimate of drug-likeness (QED) is 0.729. The molecule has 1 aliphatic rings. The van der Waals surface area contributed by atoms with Crippen molar-refractivity contribution in [3.8, 4) is 0 Å². The van der Waals surface area contributed by atoms with Crippen molar-refractivity contribution >= 4 is 15.9 Å². The fraction of sp³-hybridized carbons (Fsp3) is 0.682. The lowest BCUT2D eigenvalue weighted by atomic mass is 9.78. The van der Waals surface area contributed by atoms with Crippen molar-refractivity contribution in [2.75, 3.05) is 20.6 Å². The van der Waals surface area contributed by atoms with Gasteiger partial charge in [0.15, 0.2) is 0 Å². The second kappa shape index (κ2) is 8.74. The smallest absolute Gasteiger partial charge is 0.254 e. The zero-order valence-electron chi connectivity index (χ0n) is 18.9. The summed E-state index contributed by atoms with van der Waals surface area (Å²) in [5, 5.41) is 3.68. The number of unbranched alkanes of at least 4 members (excludes halogenated alkanes) is 1. The lowest BCUT2D eigenvalue weighted by Gasteiger charge is -2.49. The van der Waals surface area contributed by atoms with Gasteiger partial charge in [-0.25, -0.2) is 12.7 Å². The van der Waals surface area contributed by atoms with Gasteiger partial charge in [-0.15, -0.1) is 0 Å². The Bertz CT molecular complexity index is 798. The van der Waals surface area contributed by atoms with Gasteiger partial charge < -0.3 is 10.2 Å². The maximum absolute atomic E-state index is 13.4. The Morgan fingerprint density at radius 2 is 1.59 bits per heavy atom. The number of rotatable bonds is 7. The van der Waals surface area contributed by atoms with Crippen LogP contribution in [0.2, 0.25) is 0 Å². The van der Waals surface area contributed by atoms with Crippen molar-refractivity contribution in [2.24, 2.45) is 0 Å². The molecule has 2 rings (SSSR count). The van der Waals surface area contributed by atoms with Gasteiger partial charge in [-0.1, -0.05) is 13.3 Å². The minimum absolute atomic E-state index is 0.0225. The van der Waals surface area contributed by atoms with Gasteiger partial charge in [0, 0.05) is 43.3 Å². The summed E-state index contributed by atoms with van der Waals surface area (Å²) in [6.07, 6.45) is 3.74. The van der Waals surface area contributed by atoms with Crippen molar-refractivity contribution in [2.45, 2.75) is 82.3 Å². The Balaban J connectivity index is 2.32. The Morgan fingerprint density at radius 3 is 2.03 bits per heavy atom. The van der Waals surface area contributed by atoms with Gasteiger partial charge in [0.05, 0.1) is 4.90 Å². The van der Waals surface area contributed by atoms with E-state index in [-0.39, 0.29) is 27.9 Å². The van der Waals surface area contributed by atoms with Crippen molar-refractivity contribution in [1.29, 1.82) is 0 Å². The monoisotopic (exact) mass is 423 g/mol. The summed E-state index contributed by atoms with van der Waals surface area (Å²) >= 11 is 0. The number of benzene rings is 1. The van der Waals surface area contributed by atoms with Gasteiger partial charge in [-0.2, -0.15) is 0 Å². The summed E-state index contributed by atoms with van der Waals surface area (Å²) < 4.78 is 25.8. The van der Waals surface area contributed by atoms with E-state index in [4.69, 9.17) is 0 Å². The van der Waals surface area contributed by atoms with Gasteiger partial charge in [0.2, 0.25) is 10.0 Å². The molecule has 1 N–H and O–H groups in total. The Morgan fingerprint density at radius 1 is 1.07 bits per heavy atom. The molecule has 0 atom stereocenters. The molecule has 0 radical (unpaired) electrons. The largest absolute Gasteiger partial charge is 0.336 e. The normalized spacial score (nSPS) is 19.3. The zero-order chi connectivity index (χ0) is 22.0. The first kappa shape index (κ1) is 23.8. The Labute approximate surface area is 176 Å². The van der Waals surface area contributed by atoms with E-state index >= 15 is 0 Å². The SMILES string of the molecule is CCCCN(C(=O)c1ccc(S(=O)(=O)N(C)C)cc1)C1CC(C)(C)NC(C)(C)C1. The predicted molar refractivity (Wildman–Crippen MR) is 118 cm³/mol. The van der Waals surface area contributed by atoms with Crippen LogP contribution in [-0.2, 0) is 10.0 Å². The number of carbonyl (C=O) groups excluding carboxylic acids is 1. The van der Waals surface area contributed by atoms with Crippen LogP contribution in [0.1, 0.15) is 70.7 Å². The van der Waals surface area contributed by atoms with E-state index in [0.29, 0.717) is 12.1 Å². The summed E-state index contributed by atoms with van der Waals surface area (Å²) in [5.41, 5.74) is 0.426. The molecule has 1 fully saturated rings. The van der Waals surface area contributed by atoms with Crippen LogP contribution in [0, 0.1) is 0 Å². The molecule has 1 amide bonds. The second-order valence-electron chi connectivity index (χ2n) is 9.62. The summed E-state index contributed by atoms with van der Waals surface area (Å²) in [4.78, 5) is 15.6. The molecule has 1 aromatic carbocycles. The highest BCUT2D eigenvalue weighted by molar-refractivity contribution is 7.89. The van der Waals surface area contributed by atoms with Crippen LogP contribution in [0.5, 0.6) is 0 Å². The van der Waals surface area contributed by atoms with Crippen molar-refractivity contribution < 1.29 is 13.2 Å². The lowest BCUT2D eigenvalue weighted by molar-refractivity contribution is 0.0441. The molecule has 0 aliphatic carbocycles. The number of hydrogen-bond acceptors (Lipinski definition) is 4. The first-order chi connectivity index (χ1) is 13.3. The molecule has 7 heteroatoms. The van der Waals surface area contributed by atoms with Crippen LogP contribution in [-0.4, -0.2) is 61.3 Å². The first-order valence-electron chi connectivity index (χ1n) is 10.4. The fourth-order valence-corrected chi connectivity index (χ4v) is 5.31. The van der Waals surface area contributed by atoms with Crippen LogP contribution in [0.15, 0.2) is 29.2 Å². The molecular formula is C22H37N3O3S. The van der Waals surface area contributed by atoms with Gasteiger partial charge >= 0.3 is 0 Å². The highest BCUT2D eigenvalue weighted by Gasteiger charge is 2.41. The first-order valence-corrected chi connectivity index (χ1v) is 11.9. The maximum Gasteiger partial charge on any atom is 0.254 e. The minimum atomic E-state index is -3.50. The van der Waals surface area contributed by atoms with Gasteiger partial charge in [-0.05, 0) is 71.2 Å². The Kier molecular flexibility index (Phi) is 7.18. The zero-order valence-corrected chi connectivity index (χ0v) is 19.8. The van der Waals surface area contributed by atoms with Gasteiger partial charge in [0.1, 0.15) is 0 Å². The van der Waals surface area contributed by atoms with E-state index in [9.17, 15) is 13.2 Å². The Hall–Kier alpha value is -1.44. The van der Waals surface area contributed by atoms with Crippen molar-refractivity contribution in [3.05, 3.63) is 29.8 Å². The van der Waals surface area contributed by atoms with Crippen LogP contribution >= 0.6 is 0 Å². The molecule has 0 unspecified atom stereocenters. The van der Waals surface area contributed by atoms with Crippen LogP contribution in [0.4, 0.5) is 0 Å². The standard InChI is InChI=1S/C22H37N3O3S/c1-8-9-14-25(18-15-21(2,3)23-22(4,5)16-18)20(26)17-10-12-19(13-11-17)29(27,28)24(6)7/h10-13,18,23H,8-9,14-16H2,1-7H3. The predicted octanol–water partition coefficient (Wildman–Crippen LogP) is 3.49. The molecule has 1 aromatic rings. The summed E-state index contributed by atoms with van der Waals surface area (Å²) in [6.45, 7) is 11.6. The number of carbonyl (C=O) groups is 1. The number of nitrogens with one attached hydrogen (secondary N) is 1. The van der Waals surface area contributed by atoms with Crippen LogP contribution < -0.4 is 5.32 Å². The van der Waals surface area contributed by atoms with E-state index in [2.05, 4.69) is 39.9 Å². The summed E-state index contributed by atoms with van der Waals surface area (Å²) in [7, 11) is -0.502. The van der Waals surface area contributed by atoms with E-state index in [0.717, 1.165) is 25.7 Å². The van der Waals surface area contributed by atoms with Gasteiger partial charge in [-0.3, -0.25) is 4.79 Å². The third-order valence-corrected chi connectivity index (χ3v) is 7.33. The molecule has 1 saturated heterocycles. The molecule has 1 heterocycles. The van der Waals surface area contributed by atoms with Crippen molar-refractivity contribution in [1.82, 2.24) is 14.5 Å². The van der Waals surface area contributed by atoms with E-state index in [1.165, 1.54) is 30.5 Å². The third-order valence-electron chi connectivity index (χ3n) is 5.50. The number of nitrogens with zero attached hydrogens (tertiary/aromatic N) is 2.